The monoisotopic (exact) mass is 316 g/mol. The van der Waals surface area contributed by atoms with Crippen LogP contribution in [0.2, 0.25) is 0 Å². The predicted octanol–water partition coefficient (Wildman–Crippen LogP) is 7.92. The first-order valence-corrected chi connectivity index (χ1v) is 8.55. The number of hydrogen-bond donors (Lipinski definition) is 0. The van der Waals surface area contributed by atoms with Gasteiger partial charge >= 0.3 is 0 Å². The molecule has 0 atom stereocenters. The molecule has 0 radical (unpaired) electrons. The van der Waals surface area contributed by atoms with Gasteiger partial charge in [0.2, 0.25) is 0 Å². The summed E-state index contributed by atoms with van der Waals surface area (Å²) in [6.45, 7) is 21.9. The molecule has 0 fully saturated rings. The molecule has 0 aliphatic rings. The van der Waals surface area contributed by atoms with Crippen molar-refractivity contribution in [2.45, 2.75) is 87.5 Å². The van der Waals surface area contributed by atoms with Gasteiger partial charge in [-0.25, -0.2) is 0 Å². The van der Waals surface area contributed by atoms with E-state index in [0.29, 0.717) is 0 Å². The Morgan fingerprint density at radius 1 is 0.870 bits per heavy atom. The Morgan fingerprint density at radius 3 is 1.74 bits per heavy atom. The third-order valence-electron chi connectivity index (χ3n) is 3.66. The van der Waals surface area contributed by atoms with Crippen molar-refractivity contribution >= 4 is 5.57 Å². The second-order valence-electron chi connectivity index (χ2n) is 7.50. The molecule has 0 unspecified atom stereocenters. The second-order valence-corrected chi connectivity index (χ2v) is 7.50. The molecule has 0 spiro atoms. The molecule has 0 aliphatic heterocycles. The van der Waals surface area contributed by atoms with E-state index in [4.69, 9.17) is 0 Å². The molecular weight excluding hydrogens is 276 g/mol. The van der Waals surface area contributed by atoms with E-state index in [-0.39, 0.29) is 18.3 Å². The normalized spacial score (nSPS) is 12.5. The second kappa shape index (κ2) is 9.75. The van der Waals surface area contributed by atoms with E-state index >= 15 is 0 Å². The van der Waals surface area contributed by atoms with E-state index in [1.54, 1.807) is 0 Å². The van der Waals surface area contributed by atoms with Gasteiger partial charge in [0.1, 0.15) is 0 Å². The molecule has 0 bridgehead atoms. The molecule has 0 saturated carbocycles. The Hall–Kier alpha value is -1.30. The van der Waals surface area contributed by atoms with Gasteiger partial charge in [0.05, 0.1) is 0 Å². The standard InChI is InChI=1S/C20H30.C2H6.CH4/c1-9-11-15(10-2)17-14-16(19(3,4)5)12-13-18(17)20(6,7)8;1-2;/h9-14H,1-8H3;1-2H3;1H4/b11-9-,15-10+;;. The van der Waals surface area contributed by atoms with Crippen LogP contribution in [0.1, 0.15) is 93.4 Å². The van der Waals surface area contributed by atoms with Crippen LogP contribution in [0, 0.1) is 0 Å². The van der Waals surface area contributed by atoms with Crippen LogP contribution >= 0.6 is 0 Å². The highest BCUT2D eigenvalue weighted by atomic mass is 14.3. The lowest BCUT2D eigenvalue weighted by atomic mass is 9.77. The number of allylic oxidation sites excluding steroid dienone is 4. The maximum Gasteiger partial charge on any atom is -0.0126 e. The minimum Gasteiger partial charge on any atom is -0.0871 e. The van der Waals surface area contributed by atoms with Gasteiger partial charge in [0, 0.05) is 0 Å². The van der Waals surface area contributed by atoms with Gasteiger partial charge in [0.25, 0.3) is 0 Å². The van der Waals surface area contributed by atoms with Gasteiger partial charge in [-0.15, -0.1) is 0 Å². The fourth-order valence-electron chi connectivity index (χ4n) is 2.42. The van der Waals surface area contributed by atoms with Crippen LogP contribution in [0.5, 0.6) is 0 Å². The van der Waals surface area contributed by atoms with Crippen molar-refractivity contribution in [1.82, 2.24) is 0 Å². The maximum atomic E-state index is 2.37. The Kier molecular flexibility index (Phi) is 10.2. The Balaban J connectivity index is 0. The fourth-order valence-corrected chi connectivity index (χ4v) is 2.42. The molecule has 23 heavy (non-hydrogen) atoms. The van der Waals surface area contributed by atoms with Crippen molar-refractivity contribution in [3.8, 4) is 0 Å². The average Bonchev–Trinajstić information content (AvgIpc) is 2.44. The van der Waals surface area contributed by atoms with Crippen LogP contribution in [-0.2, 0) is 10.8 Å². The summed E-state index contributed by atoms with van der Waals surface area (Å²) >= 11 is 0. The van der Waals surface area contributed by atoms with Crippen LogP contribution in [0.3, 0.4) is 0 Å². The fraction of sp³-hybridized carbons (Fsp3) is 0.565. The molecule has 0 N–H and O–H groups in total. The van der Waals surface area contributed by atoms with Gasteiger partial charge in [-0.3, -0.25) is 0 Å². The summed E-state index contributed by atoms with van der Waals surface area (Å²) in [4.78, 5) is 0. The van der Waals surface area contributed by atoms with E-state index in [1.165, 1.54) is 22.3 Å². The van der Waals surface area contributed by atoms with Crippen molar-refractivity contribution in [2.24, 2.45) is 0 Å². The van der Waals surface area contributed by atoms with Crippen LogP contribution in [0.4, 0.5) is 0 Å². The van der Waals surface area contributed by atoms with E-state index in [1.807, 2.05) is 13.8 Å². The number of rotatable bonds is 2. The summed E-state index contributed by atoms with van der Waals surface area (Å²) < 4.78 is 0. The molecule has 132 valence electrons. The molecule has 0 heterocycles. The van der Waals surface area contributed by atoms with Gasteiger partial charge in [-0.05, 0) is 46.9 Å². The SMILES string of the molecule is C.C/C=C\C(=C/C)c1cc(C(C)(C)C)ccc1C(C)(C)C.CC. The largest absolute Gasteiger partial charge is 0.0871 e. The van der Waals surface area contributed by atoms with Gasteiger partial charge in [-0.2, -0.15) is 0 Å². The zero-order valence-corrected chi connectivity index (χ0v) is 16.5. The summed E-state index contributed by atoms with van der Waals surface area (Å²) in [5, 5.41) is 0. The van der Waals surface area contributed by atoms with Crippen LogP contribution in [-0.4, -0.2) is 0 Å². The first kappa shape index (κ1) is 24.0. The molecular formula is C23H40. The molecule has 1 rings (SSSR count). The Labute approximate surface area is 146 Å². The molecule has 0 nitrogen and oxygen atoms in total. The van der Waals surface area contributed by atoms with Gasteiger partial charge in [0.15, 0.2) is 0 Å². The first-order valence-electron chi connectivity index (χ1n) is 8.55. The molecule has 0 aromatic heterocycles. The van der Waals surface area contributed by atoms with Crippen molar-refractivity contribution in [1.29, 1.82) is 0 Å². The third kappa shape index (κ3) is 6.77. The molecule has 0 heteroatoms. The highest BCUT2D eigenvalue weighted by Gasteiger charge is 2.22. The lowest BCUT2D eigenvalue weighted by Crippen LogP contribution is -2.17. The highest BCUT2D eigenvalue weighted by molar-refractivity contribution is 5.77. The van der Waals surface area contributed by atoms with Gasteiger partial charge in [-0.1, -0.05) is 99.2 Å². The minimum atomic E-state index is 0. The highest BCUT2D eigenvalue weighted by Crippen LogP contribution is 2.34. The minimum absolute atomic E-state index is 0. The lowest BCUT2D eigenvalue weighted by Gasteiger charge is -2.27. The zero-order valence-electron chi connectivity index (χ0n) is 16.5. The van der Waals surface area contributed by atoms with Crippen LogP contribution < -0.4 is 0 Å². The molecule has 0 amide bonds. The number of hydrogen-bond acceptors (Lipinski definition) is 0. The summed E-state index contributed by atoms with van der Waals surface area (Å²) in [5.74, 6) is 0. The van der Waals surface area contributed by atoms with Crippen molar-refractivity contribution in [3.63, 3.8) is 0 Å². The quantitative estimate of drug-likeness (QED) is 0.486. The predicted molar refractivity (Wildman–Crippen MR) is 110 cm³/mol. The maximum absolute atomic E-state index is 2.37. The summed E-state index contributed by atoms with van der Waals surface area (Å²) in [6.07, 6.45) is 6.53. The van der Waals surface area contributed by atoms with E-state index in [0.717, 1.165) is 0 Å². The van der Waals surface area contributed by atoms with Gasteiger partial charge < -0.3 is 0 Å². The Morgan fingerprint density at radius 2 is 1.39 bits per heavy atom. The topological polar surface area (TPSA) is 0 Å². The van der Waals surface area contributed by atoms with Crippen molar-refractivity contribution < 1.29 is 0 Å². The smallest absolute Gasteiger partial charge is 0.0126 e. The molecule has 0 aliphatic carbocycles. The van der Waals surface area contributed by atoms with E-state index < -0.39 is 0 Å². The molecule has 0 saturated heterocycles. The average molecular weight is 317 g/mol. The zero-order chi connectivity index (χ0) is 17.6. The van der Waals surface area contributed by atoms with Crippen molar-refractivity contribution in [2.75, 3.05) is 0 Å². The van der Waals surface area contributed by atoms with E-state index in [9.17, 15) is 0 Å². The third-order valence-corrected chi connectivity index (χ3v) is 3.66. The lowest BCUT2D eigenvalue weighted by molar-refractivity contribution is 0.575. The van der Waals surface area contributed by atoms with Crippen LogP contribution in [0.25, 0.3) is 5.57 Å². The molecule has 1 aromatic rings. The first-order chi connectivity index (χ1) is 10.1. The molecule has 1 aromatic carbocycles. The summed E-state index contributed by atoms with van der Waals surface area (Å²) in [5.41, 5.74) is 5.82. The summed E-state index contributed by atoms with van der Waals surface area (Å²) in [6, 6.07) is 6.96. The van der Waals surface area contributed by atoms with Crippen LogP contribution in [0.15, 0.2) is 36.4 Å². The Bertz CT molecular complexity index is 514. The number of benzene rings is 1. The van der Waals surface area contributed by atoms with E-state index in [2.05, 4.69) is 91.8 Å². The summed E-state index contributed by atoms with van der Waals surface area (Å²) in [7, 11) is 0. The van der Waals surface area contributed by atoms with Crippen molar-refractivity contribution in [3.05, 3.63) is 53.1 Å².